The van der Waals surface area contributed by atoms with Crippen LogP contribution in [0.2, 0.25) is 0 Å². The fourth-order valence-electron chi connectivity index (χ4n) is 1.72. The van der Waals surface area contributed by atoms with Gasteiger partial charge in [0.25, 0.3) is 0 Å². The molecule has 114 valence electrons. The third-order valence-electron chi connectivity index (χ3n) is 2.91. The zero-order chi connectivity index (χ0) is 15.2. The van der Waals surface area contributed by atoms with Gasteiger partial charge in [0.15, 0.2) is 0 Å². The van der Waals surface area contributed by atoms with E-state index in [4.69, 9.17) is 10.5 Å². The minimum absolute atomic E-state index is 0.0261. The Morgan fingerprint density at radius 2 is 2.05 bits per heavy atom. The van der Waals surface area contributed by atoms with Gasteiger partial charge in [0.05, 0.1) is 12.3 Å². The number of nitrogens with zero attached hydrogens (tertiary/aromatic N) is 1. The van der Waals surface area contributed by atoms with E-state index in [1.54, 1.807) is 12.1 Å². The second-order valence-corrected chi connectivity index (χ2v) is 4.84. The largest absolute Gasteiger partial charge is 0.492 e. The molecule has 0 aromatic carbocycles. The number of aromatic nitrogens is 1. The van der Waals surface area contributed by atoms with Crippen molar-refractivity contribution < 1.29 is 17.9 Å². The molecule has 0 saturated carbocycles. The molecule has 1 aromatic rings. The van der Waals surface area contributed by atoms with Gasteiger partial charge in [-0.3, -0.25) is 4.98 Å². The molecule has 0 radical (unpaired) electrons. The lowest BCUT2D eigenvalue weighted by atomic mass is 10.1. The van der Waals surface area contributed by atoms with E-state index in [0.29, 0.717) is 17.9 Å². The summed E-state index contributed by atoms with van der Waals surface area (Å²) in [5.41, 5.74) is 7.44. The zero-order valence-electron chi connectivity index (χ0n) is 11.8. The molecule has 6 heteroatoms. The molecule has 0 aliphatic heterocycles. The Hall–Kier alpha value is -1.30. The Balaban J connectivity index is 2.60. The van der Waals surface area contributed by atoms with E-state index in [0.717, 1.165) is 12.1 Å². The fraction of sp³-hybridized carbons (Fsp3) is 0.643. The molecule has 1 aromatic heterocycles. The van der Waals surface area contributed by atoms with Crippen LogP contribution >= 0.6 is 0 Å². The quantitative estimate of drug-likeness (QED) is 0.783. The topological polar surface area (TPSA) is 48.1 Å². The summed E-state index contributed by atoms with van der Waals surface area (Å²) in [6, 6.07) is 3.50. The first kappa shape index (κ1) is 16.8. The summed E-state index contributed by atoms with van der Waals surface area (Å²) >= 11 is 0. The molecule has 0 spiro atoms. The van der Waals surface area contributed by atoms with Crippen LogP contribution in [0.25, 0.3) is 0 Å². The molecule has 0 aliphatic rings. The van der Waals surface area contributed by atoms with Crippen LogP contribution in [0.3, 0.4) is 0 Å². The van der Waals surface area contributed by atoms with Crippen LogP contribution in [0.15, 0.2) is 12.1 Å². The van der Waals surface area contributed by atoms with Crippen molar-refractivity contribution in [2.45, 2.75) is 51.7 Å². The maximum absolute atomic E-state index is 12.0. The Morgan fingerprint density at radius 3 is 2.65 bits per heavy atom. The monoisotopic (exact) mass is 290 g/mol. The number of aryl methyl sites for hydroxylation is 1. The molecule has 2 N–H and O–H groups in total. The number of nitrogens with two attached hydrogens (primary N) is 1. The maximum atomic E-state index is 12.0. The smallest absolute Gasteiger partial charge is 0.389 e. The number of rotatable bonds is 7. The SMILES string of the molecule is CCC(N)Cc1nc(C)ccc1OCCCC(F)(F)F. The van der Waals surface area contributed by atoms with E-state index in [1.165, 1.54) is 0 Å². The predicted octanol–water partition coefficient (Wildman–Crippen LogP) is 3.39. The summed E-state index contributed by atoms with van der Waals surface area (Å²) in [4.78, 5) is 4.36. The summed E-state index contributed by atoms with van der Waals surface area (Å²) in [5, 5.41) is 0. The summed E-state index contributed by atoms with van der Waals surface area (Å²) in [6.07, 6.45) is -3.66. The van der Waals surface area contributed by atoms with Gasteiger partial charge in [0, 0.05) is 24.6 Å². The Morgan fingerprint density at radius 1 is 1.35 bits per heavy atom. The lowest BCUT2D eigenvalue weighted by molar-refractivity contribution is -0.136. The molecular formula is C14H21F3N2O. The summed E-state index contributed by atoms with van der Waals surface area (Å²) < 4.78 is 41.6. The number of halogens is 3. The molecule has 20 heavy (non-hydrogen) atoms. The van der Waals surface area contributed by atoms with Crippen LogP contribution in [-0.2, 0) is 6.42 Å². The highest BCUT2D eigenvalue weighted by atomic mass is 19.4. The number of pyridine rings is 1. The van der Waals surface area contributed by atoms with Crippen LogP contribution in [0.1, 0.15) is 37.6 Å². The van der Waals surface area contributed by atoms with Crippen molar-refractivity contribution in [1.82, 2.24) is 4.98 Å². The van der Waals surface area contributed by atoms with E-state index in [-0.39, 0.29) is 19.1 Å². The van der Waals surface area contributed by atoms with Gasteiger partial charge >= 0.3 is 6.18 Å². The van der Waals surface area contributed by atoms with Gasteiger partial charge in [-0.05, 0) is 31.9 Å². The molecule has 1 atom stereocenters. The van der Waals surface area contributed by atoms with Crippen molar-refractivity contribution in [1.29, 1.82) is 0 Å². The average Bonchev–Trinajstić information content (AvgIpc) is 2.35. The van der Waals surface area contributed by atoms with Crippen LogP contribution in [0.4, 0.5) is 13.2 Å². The van der Waals surface area contributed by atoms with Crippen LogP contribution in [0, 0.1) is 6.92 Å². The average molecular weight is 290 g/mol. The third kappa shape index (κ3) is 6.23. The molecule has 1 unspecified atom stereocenters. The second kappa shape index (κ2) is 7.47. The summed E-state index contributed by atoms with van der Waals surface area (Å²) in [7, 11) is 0. The van der Waals surface area contributed by atoms with E-state index in [9.17, 15) is 13.2 Å². The van der Waals surface area contributed by atoms with Crippen molar-refractivity contribution in [3.05, 3.63) is 23.5 Å². The Bertz CT molecular complexity index is 421. The number of alkyl halides is 3. The Kier molecular flexibility index (Phi) is 6.26. The zero-order valence-corrected chi connectivity index (χ0v) is 11.8. The highest BCUT2D eigenvalue weighted by Gasteiger charge is 2.26. The summed E-state index contributed by atoms with van der Waals surface area (Å²) in [5.74, 6) is 0.529. The minimum atomic E-state index is -4.14. The summed E-state index contributed by atoms with van der Waals surface area (Å²) in [6.45, 7) is 3.86. The highest BCUT2D eigenvalue weighted by molar-refractivity contribution is 5.30. The van der Waals surface area contributed by atoms with Gasteiger partial charge < -0.3 is 10.5 Å². The third-order valence-corrected chi connectivity index (χ3v) is 2.91. The minimum Gasteiger partial charge on any atom is -0.492 e. The van der Waals surface area contributed by atoms with Crippen molar-refractivity contribution in [3.8, 4) is 5.75 Å². The highest BCUT2D eigenvalue weighted by Crippen LogP contribution is 2.23. The molecule has 0 amide bonds. The van der Waals surface area contributed by atoms with Crippen LogP contribution < -0.4 is 10.5 Å². The molecule has 1 heterocycles. The number of hydrogen-bond donors (Lipinski definition) is 1. The first-order chi connectivity index (χ1) is 9.31. The van der Waals surface area contributed by atoms with E-state index in [2.05, 4.69) is 4.98 Å². The maximum Gasteiger partial charge on any atom is 0.389 e. The molecular weight excluding hydrogens is 269 g/mol. The molecule has 0 aliphatic carbocycles. The lowest BCUT2D eigenvalue weighted by Gasteiger charge is -2.14. The van der Waals surface area contributed by atoms with Gasteiger partial charge in [0.1, 0.15) is 5.75 Å². The number of hydrogen-bond acceptors (Lipinski definition) is 3. The van der Waals surface area contributed by atoms with Crippen LogP contribution in [0.5, 0.6) is 5.75 Å². The van der Waals surface area contributed by atoms with Gasteiger partial charge in [-0.2, -0.15) is 13.2 Å². The standard InChI is InChI=1S/C14H21F3N2O/c1-3-11(18)9-12-13(6-5-10(2)19-12)20-8-4-7-14(15,16)17/h5-6,11H,3-4,7-9,18H2,1-2H3. The van der Waals surface area contributed by atoms with Gasteiger partial charge in [-0.25, -0.2) is 0 Å². The van der Waals surface area contributed by atoms with Crippen molar-refractivity contribution in [2.24, 2.45) is 5.73 Å². The fourth-order valence-corrected chi connectivity index (χ4v) is 1.72. The van der Waals surface area contributed by atoms with E-state index >= 15 is 0 Å². The van der Waals surface area contributed by atoms with Crippen molar-refractivity contribution in [2.75, 3.05) is 6.61 Å². The first-order valence-electron chi connectivity index (χ1n) is 6.73. The molecule has 0 fully saturated rings. The second-order valence-electron chi connectivity index (χ2n) is 4.84. The van der Waals surface area contributed by atoms with E-state index < -0.39 is 12.6 Å². The molecule has 0 bridgehead atoms. The van der Waals surface area contributed by atoms with Gasteiger partial charge in [0.2, 0.25) is 0 Å². The predicted molar refractivity (Wildman–Crippen MR) is 71.7 cm³/mol. The van der Waals surface area contributed by atoms with Crippen molar-refractivity contribution in [3.63, 3.8) is 0 Å². The van der Waals surface area contributed by atoms with Gasteiger partial charge in [-0.15, -0.1) is 0 Å². The Labute approximate surface area is 117 Å². The number of ether oxygens (including phenoxy) is 1. The van der Waals surface area contributed by atoms with Gasteiger partial charge in [-0.1, -0.05) is 6.92 Å². The van der Waals surface area contributed by atoms with Crippen molar-refractivity contribution >= 4 is 0 Å². The molecule has 1 rings (SSSR count). The first-order valence-corrected chi connectivity index (χ1v) is 6.73. The van der Waals surface area contributed by atoms with E-state index in [1.807, 2.05) is 13.8 Å². The molecule has 0 saturated heterocycles. The molecule has 3 nitrogen and oxygen atoms in total. The lowest BCUT2D eigenvalue weighted by Crippen LogP contribution is -2.22. The van der Waals surface area contributed by atoms with Crippen LogP contribution in [-0.4, -0.2) is 23.8 Å². The normalized spacial score (nSPS) is 13.3.